The fourth-order valence-electron chi connectivity index (χ4n) is 2.84. The summed E-state index contributed by atoms with van der Waals surface area (Å²) < 4.78 is 6.79. The van der Waals surface area contributed by atoms with Gasteiger partial charge in [-0.3, -0.25) is 4.68 Å². The molecule has 1 aliphatic carbocycles. The maximum atomic E-state index is 12.0. The number of aromatic nitrogens is 2. The lowest BCUT2D eigenvalue weighted by atomic mass is 9.93. The van der Waals surface area contributed by atoms with Crippen LogP contribution in [0.2, 0.25) is 0 Å². The van der Waals surface area contributed by atoms with Crippen LogP contribution < -0.4 is 10.6 Å². The molecule has 0 radical (unpaired) electrons. The minimum absolute atomic E-state index is 0.0273. The van der Waals surface area contributed by atoms with E-state index >= 15 is 0 Å². The third-order valence-corrected chi connectivity index (χ3v) is 3.91. The van der Waals surface area contributed by atoms with E-state index in [0.29, 0.717) is 13.1 Å². The molecule has 1 unspecified atom stereocenters. The molecule has 2 heterocycles. The smallest absolute Gasteiger partial charge is 0.315 e. The van der Waals surface area contributed by atoms with E-state index < -0.39 is 0 Å². The average Bonchev–Trinajstić information content (AvgIpc) is 3.16. The van der Waals surface area contributed by atoms with E-state index in [2.05, 4.69) is 15.7 Å². The van der Waals surface area contributed by atoms with Crippen LogP contribution in [0.1, 0.15) is 35.7 Å². The molecule has 118 valence electrons. The number of rotatable bonds is 5. The minimum atomic E-state index is -0.200. The molecule has 0 bridgehead atoms. The van der Waals surface area contributed by atoms with Gasteiger partial charge in [-0.15, -0.1) is 0 Å². The number of furan rings is 1. The number of carbonyl (C=O) groups is 1. The van der Waals surface area contributed by atoms with Gasteiger partial charge in [0.2, 0.25) is 0 Å². The molecule has 0 fully saturated rings. The van der Waals surface area contributed by atoms with Crippen LogP contribution in [0.4, 0.5) is 4.79 Å². The summed E-state index contributed by atoms with van der Waals surface area (Å²) in [4.78, 5) is 12.0. The van der Waals surface area contributed by atoms with Gasteiger partial charge in [-0.1, -0.05) is 0 Å². The third kappa shape index (κ3) is 3.14. The van der Waals surface area contributed by atoms with Gasteiger partial charge in [-0.2, -0.15) is 5.10 Å². The van der Waals surface area contributed by atoms with Crippen molar-refractivity contribution in [1.82, 2.24) is 20.4 Å². The first kappa shape index (κ1) is 14.6. The van der Waals surface area contributed by atoms with E-state index in [1.807, 2.05) is 10.7 Å². The second-order valence-electron chi connectivity index (χ2n) is 5.40. The molecule has 2 aromatic heterocycles. The summed E-state index contributed by atoms with van der Waals surface area (Å²) in [6, 6.07) is 1.59. The van der Waals surface area contributed by atoms with Gasteiger partial charge in [0.15, 0.2) is 0 Å². The van der Waals surface area contributed by atoms with Crippen molar-refractivity contribution in [2.24, 2.45) is 0 Å². The first-order chi connectivity index (χ1) is 10.8. The van der Waals surface area contributed by atoms with Crippen LogP contribution in [0.25, 0.3) is 0 Å². The zero-order valence-electron chi connectivity index (χ0n) is 12.3. The van der Waals surface area contributed by atoms with E-state index in [-0.39, 0.29) is 18.7 Å². The zero-order chi connectivity index (χ0) is 15.4. The lowest BCUT2D eigenvalue weighted by Gasteiger charge is -2.24. The Morgan fingerprint density at radius 3 is 3.23 bits per heavy atom. The topological polar surface area (TPSA) is 92.3 Å². The predicted octanol–water partition coefficient (Wildman–Crippen LogP) is 1.35. The summed E-state index contributed by atoms with van der Waals surface area (Å²) in [6.07, 6.45) is 7.82. The van der Waals surface area contributed by atoms with Crippen LogP contribution in [0.15, 0.2) is 29.2 Å². The van der Waals surface area contributed by atoms with Crippen molar-refractivity contribution in [1.29, 1.82) is 0 Å². The standard InChI is InChI=1S/C15H20N4O3/c20-6-5-19-14-3-1-2-13(12(14)9-17-19)18-15(21)16-8-11-4-7-22-10-11/h4,7,9-10,13,20H,1-3,5-6,8H2,(H2,16,18,21). The Balaban J connectivity index is 1.60. The van der Waals surface area contributed by atoms with Crippen molar-refractivity contribution in [2.75, 3.05) is 6.61 Å². The molecule has 7 heteroatoms. The third-order valence-electron chi connectivity index (χ3n) is 3.91. The van der Waals surface area contributed by atoms with E-state index in [1.165, 1.54) is 0 Å². The van der Waals surface area contributed by atoms with Crippen LogP contribution in [0.5, 0.6) is 0 Å². The Morgan fingerprint density at radius 1 is 1.55 bits per heavy atom. The largest absolute Gasteiger partial charge is 0.472 e. The van der Waals surface area contributed by atoms with Gasteiger partial charge in [-0.05, 0) is 25.3 Å². The highest BCUT2D eigenvalue weighted by Gasteiger charge is 2.25. The minimum Gasteiger partial charge on any atom is -0.472 e. The molecule has 0 aliphatic heterocycles. The Kier molecular flexibility index (Phi) is 4.43. The van der Waals surface area contributed by atoms with Crippen molar-refractivity contribution in [2.45, 2.75) is 38.4 Å². The highest BCUT2D eigenvalue weighted by Crippen LogP contribution is 2.29. The first-order valence-corrected chi connectivity index (χ1v) is 7.49. The number of amides is 2. The Morgan fingerprint density at radius 2 is 2.45 bits per heavy atom. The average molecular weight is 304 g/mol. The number of hydrogen-bond donors (Lipinski definition) is 3. The molecule has 2 aromatic rings. The van der Waals surface area contributed by atoms with Crippen LogP contribution >= 0.6 is 0 Å². The van der Waals surface area contributed by atoms with Crippen molar-refractivity contribution < 1.29 is 14.3 Å². The molecule has 7 nitrogen and oxygen atoms in total. The molecule has 3 rings (SSSR count). The molecule has 2 amide bonds. The molecule has 0 saturated carbocycles. The van der Waals surface area contributed by atoms with Gasteiger partial charge in [0, 0.05) is 23.4 Å². The van der Waals surface area contributed by atoms with Gasteiger partial charge < -0.3 is 20.2 Å². The first-order valence-electron chi connectivity index (χ1n) is 7.49. The molecular formula is C15H20N4O3. The number of urea groups is 1. The molecule has 0 aromatic carbocycles. The van der Waals surface area contributed by atoms with Crippen molar-refractivity contribution in [3.05, 3.63) is 41.6 Å². The highest BCUT2D eigenvalue weighted by atomic mass is 16.3. The fraction of sp³-hybridized carbons (Fsp3) is 0.467. The summed E-state index contributed by atoms with van der Waals surface area (Å²) >= 11 is 0. The molecular weight excluding hydrogens is 284 g/mol. The SMILES string of the molecule is O=C(NCc1ccoc1)NC1CCCc2c1cnn2CCO. The summed E-state index contributed by atoms with van der Waals surface area (Å²) in [5.74, 6) is 0. The predicted molar refractivity (Wildman–Crippen MR) is 79.1 cm³/mol. The molecule has 3 N–H and O–H groups in total. The van der Waals surface area contributed by atoms with Gasteiger partial charge in [0.25, 0.3) is 0 Å². The van der Waals surface area contributed by atoms with Gasteiger partial charge in [0.1, 0.15) is 0 Å². The highest BCUT2D eigenvalue weighted by molar-refractivity contribution is 5.74. The number of nitrogens with one attached hydrogen (secondary N) is 2. The lowest BCUT2D eigenvalue weighted by Crippen LogP contribution is -2.38. The molecule has 0 spiro atoms. The Labute approximate surface area is 128 Å². The second-order valence-corrected chi connectivity index (χ2v) is 5.40. The quantitative estimate of drug-likeness (QED) is 0.777. The van der Waals surface area contributed by atoms with Crippen molar-refractivity contribution in [3.8, 4) is 0 Å². The summed E-state index contributed by atoms with van der Waals surface area (Å²) in [5.41, 5.74) is 3.09. The van der Waals surface area contributed by atoms with Crippen LogP contribution in [-0.2, 0) is 19.5 Å². The zero-order valence-corrected chi connectivity index (χ0v) is 12.3. The second kappa shape index (κ2) is 6.65. The Bertz CT molecular complexity index is 621. The van der Waals surface area contributed by atoms with Gasteiger partial charge in [-0.25, -0.2) is 4.79 Å². The number of carbonyl (C=O) groups excluding carboxylic acids is 1. The van der Waals surface area contributed by atoms with Crippen molar-refractivity contribution in [3.63, 3.8) is 0 Å². The summed E-state index contributed by atoms with van der Waals surface area (Å²) in [5, 5.41) is 19.2. The van der Waals surface area contributed by atoms with Gasteiger partial charge in [0.05, 0.1) is 37.9 Å². The monoisotopic (exact) mass is 304 g/mol. The summed E-state index contributed by atoms with van der Waals surface area (Å²) in [7, 11) is 0. The van der Waals surface area contributed by atoms with E-state index in [0.717, 1.165) is 36.1 Å². The van der Waals surface area contributed by atoms with Gasteiger partial charge >= 0.3 is 6.03 Å². The van der Waals surface area contributed by atoms with Crippen LogP contribution in [0.3, 0.4) is 0 Å². The molecule has 1 atom stereocenters. The van der Waals surface area contributed by atoms with E-state index in [4.69, 9.17) is 9.52 Å². The molecule has 0 saturated heterocycles. The van der Waals surface area contributed by atoms with Crippen LogP contribution in [-0.4, -0.2) is 27.5 Å². The van der Waals surface area contributed by atoms with E-state index in [1.54, 1.807) is 18.7 Å². The fourth-order valence-corrected chi connectivity index (χ4v) is 2.84. The number of aliphatic hydroxyl groups excluding tert-OH is 1. The van der Waals surface area contributed by atoms with E-state index in [9.17, 15) is 4.79 Å². The Hall–Kier alpha value is -2.28. The number of fused-ring (bicyclic) bond motifs is 1. The normalized spacial score (nSPS) is 17.0. The molecule has 22 heavy (non-hydrogen) atoms. The maximum absolute atomic E-state index is 12.0. The maximum Gasteiger partial charge on any atom is 0.315 e. The summed E-state index contributed by atoms with van der Waals surface area (Å²) in [6.45, 7) is 0.998. The number of aliphatic hydroxyl groups is 1. The number of nitrogens with zero attached hydrogens (tertiary/aromatic N) is 2. The van der Waals surface area contributed by atoms with Crippen molar-refractivity contribution >= 4 is 6.03 Å². The van der Waals surface area contributed by atoms with Crippen LogP contribution in [0, 0.1) is 0 Å². The lowest BCUT2D eigenvalue weighted by molar-refractivity contribution is 0.234. The molecule has 1 aliphatic rings. The number of hydrogen-bond acceptors (Lipinski definition) is 4.